The highest BCUT2D eigenvalue weighted by atomic mass is 16.2. The summed E-state index contributed by atoms with van der Waals surface area (Å²) in [5, 5.41) is 0. The molecule has 0 saturated carbocycles. The summed E-state index contributed by atoms with van der Waals surface area (Å²) < 4.78 is 0. The topological polar surface area (TPSA) is 46.3 Å². The van der Waals surface area contributed by atoms with Gasteiger partial charge in [-0.25, -0.2) is 0 Å². The van der Waals surface area contributed by atoms with Crippen molar-refractivity contribution in [3.8, 4) is 0 Å². The fraction of sp³-hybridized carbons (Fsp3) is 0.500. The Bertz CT molecular complexity index is 431. The summed E-state index contributed by atoms with van der Waals surface area (Å²) >= 11 is 0. The largest absolute Gasteiger partial charge is 0.338 e. The lowest BCUT2D eigenvalue weighted by atomic mass is 9.76. The molecule has 0 spiro atoms. The van der Waals surface area contributed by atoms with E-state index in [2.05, 4.69) is 12.1 Å². The van der Waals surface area contributed by atoms with Crippen LogP contribution in [0.5, 0.6) is 0 Å². The second kappa shape index (κ2) is 3.84. The van der Waals surface area contributed by atoms with Crippen molar-refractivity contribution in [1.29, 1.82) is 0 Å². The van der Waals surface area contributed by atoms with Gasteiger partial charge in [-0.1, -0.05) is 30.3 Å². The molecular weight excluding hydrogens is 212 g/mol. The predicted octanol–water partition coefficient (Wildman–Crippen LogP) is 1.63. The molecule has 2 N–H and O–H groups in total. The second-order valence-corrected chi connectivity index (χ2v) is 5.15. The van der Waals surface area contributed by atoms with Gasteiger partial charge < -0.3 is 10.6 Å². The van der Waals surface area contributed by atoms with Crippen molar-refractivity contribution in [2.75, 3.05) is 6.54 Å². The van der Waals surface area contributed by atoms with Gasteiger partial charge in [0.1, 0.15) is 0 Å². The average molecular weight is 230 g/mol. The molecule has 0 bridgehead atoms. The second-order valence-electron chi connectivity index (χ2n) is 5.15. The molecule has 3 heteroatoms. The van der Waals surface area contributed by atoms with Crippen LogP contribution in [0.25, 0.3) is 0 Å². The number of carbonyl (C=O) groups is 1. The van der Waals surface area contributed by atoms with Gasteiger partial charge in [-0.15, -0.1) is 0 Å². The fourth-order valence-corrected chi connectivity index (χ4v) is 3.31. The molecule has 2 unspecified atom stereocenters. The van der Waals surface area contributed by atoms with E-state index in [9.17, 15) is 4.79 Å². The summed E-state index contributed by atoms with van der Waals surface area (Å²) in [5.74, 6) is 0.282. The smallest absolute Gasteiger partial charge is 0.222 e. The van der Waals surface area contributed by atoms with Crippen LogP contribution in [-0.2, 0) is 10.3 Å². The van der Waals surface area contributed by atoms with Crippen LogP contribution < -0.4 is 5.73 Å². The molecule has 2 fully saturated rings. The van der Waals surface area contributed by atoms with Crippen LogP contribution in [0.4, 0.5) is 0 Å². The summed E-state index contributed by atoms with van der Waals surface area (Å²) in [6.07, 6.45) is 3.48. The Kier molecular flexibility index (Phi) is 2.44. The van der Waals surface area contributed by atoms with Crippen molar-refractivity contribution in [2.45, 2.75) is 37.3 Å². The molecular formula is C14H18N2O. The number of carbonyl (C=O) groups excluding carboxylic acids is 1. The monoisotopic (exact) mass is 230 g/mol. The lowest BCUT2D eigenvalue weighted by molar-refractivity contribution is -0.137. The van der Waals surface area contributed by atoms with Crippen LogP contribution in [0, 0.1) is 0 Å². The van der Waals surface area contributed by atoms with E-state index in [0.29, 0.717) is 6.42 Å². The lowest BCUT2D eigenvalue weighted by Gasteiger charge is -2.44. The summed E-state index contributed by atoms with van der Waals surface area (Å²) in [6, 6.07) is 10.4. The zero-order valence-electron chi connectivity index (χ0n) is 9.93. The van der Waals surface area contributed by atoms with Gasteiger partial charge in [0.05, 0.1) is 11.6 Å². The molecule has 1 amide bonds. The number of hydrogen-bond acceptors (Lipinski definition) is 2. The third kappa shape index (κ3) is 1.57. The van der Waals surface area contributed by atoms with Gasteiger partial charge >= 0.3 is 0 Å². The molecule has 0 radical (unpaired) electrons. The van der Waals surface area contributed by atoms with Crippen LogP contribution in [0.3, 0.4) is 0 Å². The quantitative estimate of drug-likeness (QED) is 0.797. The number of hydrogen-bond donors (Lipinski definition) is 1. The number of nitrogens with zero attached hydrogens (tertiary/aromatic N) is 1. The van der Waals surface area contributed by atoms with E-state index in [0.717, 1.165) is 25.8 Å². The molecule has 3 nitrogen and oxygen atoms in total. The van der Waals surface area contributed by atoms with E-state index >= 15 is 0 Å². The molecule has 2 saturated heterocycles. The fourth-order valence-electron chi connectivity index (χ4n) is 3.31. The van der Waals surface area contributed by atoms with E-state index in [1.807, 2.05) is 23.1 Å². The van der Waals surface area contributed by atoms with Gasteiger partial charge in [-0.3, -0.25) is 4.79 Å². The van der Waals surface area contributed by atoms with Crippen molar-refractivity contribution >= 4 is 5.91 Å². The van der Waals surface area contributed by atoms with Crippen LogP contribution >= 0.6 is 0 Å². The SMILES string of the molecule is NC1(c2ccccc2)CCC(=O)N2CCCC21. The van der Waals surface area contributed by atoms with E-state index in [-0.39, 0.29) is 17.5 Å². The molecule has 3 rings (SSSR count). The van der Waals surface area contributed by atoms with Crippen LogP contribution in [0.2, 0.25) is 0 Å². The maximum Gasteiger partial charge on any atom is 0.222 e. The highest BCUT2D eigenvalue weighted by Gasteiger charge is 2.47. The molecule has 2 atom stereocenters. The number of fused-ring (bicyclic) bond motifs is 1. The minimum atomic E-state index is -0.342. The van der Waals surface area contributed by atoms with Crippen LogP contribution in [0.1, 0.15) is 31.2 Å². The van der Waals surface area contributed by atoms with Gasteiger partial charge in [0, 0.05) is 13.0 Å². The summed E-state index contributed by atoms with van der Waals surface area (Å²) in [6.45, 7) is 0.884. The molecule has 2 aliphatic heterocycles. The average Bonchev–Trinajstić information content (AvgIpc) is 2.86. The van der Waals surface area contributed by atoms with Crippen molar-refractivity contribution in [3.63, 3.8) is 0 Å². The number of benzene rings is 1. The number of nitrogens with two attached hydrogens (primary N) is 1. The first-order valence-electron chi connectivity index (χ1n) is 6.36. The Labute approximate surface area is 102 Å². The van der Waals surface area contributed by atoms with E-state index < -0.39 is 0 Å². The van der Waals surface area contributed by atoms with E-state index in [4.69, 9.17) is 5.73 Å². The van der Waals surface area contributed by atoms with Crippen molar-refractivity contribution in [1.82, 2.24) is 4.90 Å². The van der Waals surface area contributed by atoms with Crippen LogP contribution in [0.15, 0.2) is 30.3 Å². The first-order valence-corrected chi connectivity index (χ1v) is 6.36. The number of amides is 1. The normalized spacial score (nSPS) is 32.6. The lowest BCUT2D eigenvalue weighted by Crippen LogP contribution is -2.58. The van der Waals surface area contributed by atoms with Crippen LogP contribution in [-0.4, -0.2) is 23.4 Å². The third-order valence-corrected chi connectivity index (χ3v) is 4.23. The van der Waals surface area contributed by atoms with Crippen molar-refractivity contribution < 1.29 is 4.79 Å². The molecule has 17 heavy (non-hydrogen) atoms. The predicted molar refractivity (Wildman–Crippen MR) is 66.3 cm³/mol. The first kappa shape index (κ1) is 10.8. The van der Waals surface area contributed by atoms with Gasteiger partial charge in [0.15, 0.2) is 0 Å². The molecule has 2 heterocycles. The standard InChI is InChI=1S/C14H18N2O/c15-14(11-5-2-1-3-6-11)9-8-13(17)16-10-4-7-12(14)16/h1-3,5-6,12H,4,7-10,15H2. The van der Waals surface area contributed by atoms with Gasteiger partial charge in [-0.05, 0) is 24.8 Å². The molecule has 1 aromatic rings. The van der Waals surface area contributed by atoms with Crippen molar-refractivity contribution in [3.05, 3.63) is 35.9 Å². The van der Waals surface area contributed by atoms with Gasteiger partial charge in [-0.2, -0.15) is 0 Å². The first-order chi connectivity index (χ1) is 8.22. The Morgan fingerprint density at radius 2 is 2.06 bits per heavy atom. The summed E-state index contributed by atoms with van der Waals surface area (Å²) in [4.78, 5) is 13.9. The van der Waals surface area contributed by atoms with Crippen molar-refractivity contribution in [2.24, 2.45) is 5.73 Å². The minimum absolute atomic E-state index is 0.200. The van der Waals surface area contributed by atoms with Gasteiger partial charge in [0.2, 0.25) is 5.91 Å². The van der Waals surface area contributed by atoms with E-state index in [1.54, 1.807) is 0 Å². The van der Waals surface area contributed by atoms with Gasteiger partial charge in [0.25, 0.3) is 0 Å². The molecule has 0 aromatic heterocycles. The Morgan fingerprint density at radius 3 is 2.82 bits per heavy atom. The Morgan fingerprint density at radius 1 is 1.29 bits per heavy atom. The highest BCUT2D eigenvalue weighted by molar-refractivity contribution is 5.78. The zero-order chi connectivity index (χ0) is 11.9. The van der Waals surface area contributed by atoms with E-state index in [1.165, 1.54) is 5.56 Å². The maximum absolute atomic E-state index is 11.9. The molecule has 90 valence electrons. The maximum atomic E-state index is 11.9. The molecule has 1 aromatic carbocycles. The minimum Gasteiger partial charge on any atom is -0.338 e. The highest BCUT2D eigenvalue weighted by Crippen LogP contribution is 2.40. The Hall–Kier alpha value is -1.35. The molecule has 2 aliphatic rings. The zero-order valence-corrected chi connectivity index (χ0v) is 9.93. The Balaban J connectivity index is 1.99. The summed E-state index contributed by atoms with van der Waals surface area (Å²) in [7, 11) is 0. The summed E-state index contributed by atoms with van der Waals surface area (Å²) in [5.41, 5.74) is 7.46. The third-order valence-electron chi connectivity index (χ3n) is 4.23. The molecule has 0 aliphatic carbocycles. The number of rotatable bonds is 1. The number of piperidine rings is 1.